The predicted molar refractivity (Wildman–Crippen MR) is 65.1 cm³/mol. The van der Waals surface area contributed by atoms with Crippen molar-refractivity contribution < 1.29 is 9.53 Å². The molecule has 82 valence electrons. The molecule has 0 aromatic heterocycles. The van der Waals surface area contributed by atoms with E-state index in [1.165, 1.54) is 0 Å². The summed E-state index contributed by atoms with van der Waals surface area (Å²) in [5.74, 6) is 1.23. The van der Waals surface area contributed by atoms with Crippen LogP contribution in [-0.4, -0.2) is 18.2 Å². The molecule has 0 saturated heterocycles. The summed E-state index contributed by atoms with van der Waals surface area (Å²) in [6, 6.07) is 5.62. The van der Waals surface area contributed by atoms with Crippen molar-refractivity contribution in [3.8, 4) is 5.75 Å². The maximum absolute atomic E-state index is 11.3. The quantitative estimate of drug-likeness (QED) is 0.780. The summed E-state index contributed by atoms with van der Waals surface area (Å²) in [6.45, 7) is 0. The SMILES string of the molecule is COc1cccc(CC(=O)CBr)c1CCl. The van der Waals surface area contributed by atoms with E-state index < -0.39 is 0 Å². The number of methoxy groups -OCH3 is 1. The first-order valence-corrected chi connectivity index (χ1v) is 6.17. The Morgan fingerprint density at radius 3 is 2.80 bits per heavy atom. The molecule has 0 aliphatic rings. The van der Waals surface area contributed by atoms with Crippen molar-refractivity contribution in [3.05, 3.63) is 29.3 Å². The van der Waals surface area contributed by atoms with Gasteiger partial charge in [-0.3, -0.25) is 4.79 Å². The third-order valence-electron chi connectivity index (χ3n) is 2.12. The molecule has 0 spiro atoms. The molecule has 0 N–H and O–H groups in total. The van der Waals surface area contributed by atoms with Gasteiger partial charge < -0.3 is 4.74 Å². The fraction of sp³-hybridized carbons (Fsp3) is 0.364. The van der Waals surface area contributed by atoms with Gasteiger partial charge >= 0.3 is 0 Å². The van der Waals surface area contributed by atoms with E-state index in [2.05, 4.69) is 15.9 Å². The lowest BCUT2D eigenvalue weighted by atomic mass is 10.0. The van der Waals surface area contributed by atoms with Crippen molar-refractivity contribution in [2.75, 3.05) is 12.4 Å². The maximum atomic E-state index is 11.3. The number of hydrogen-bond acceptors (Lipinski definition) is 2. The van der Waals surface area contributed by atoms with E-state index in [4.69, 9.17) is 16.3 Å². The van der Waals surface area contributed by atoms with Gasteiger partial charge in [0.05, 0.1) is 18.3 Å². The molecule has 2 nitrogen and oxygen atoms in total. The van der Waals surface area contributed by atoms with Crippen LogP contribution in [0.1, 0.15) is 11.1 Å². The first-order valence-electron chi connectivity index (χ1n) is 4.51. The van der Waals surface area contributed by atoms with Crippen LogP contribution in [0.15, 0.2) is 18.2 Å². The summed E-state index contributed by atoms with van der Waals surface area (Å²) in [5.41, 5.74) is 1.84. The number of alkyl halides is 2. The van der Waals surface area contributed by atoms with Crippen LogP contribution in [0.25, 0.3) is 0 Å². The minimum Gasteiger partial charge on any atom is -0.496 e. The van der Waals surface area contributed by atoms with Gasteiger partial charge in [0.2, 0.25) is 0 Å². The zero-order valence-electron chi connectivity index (χ0n) is 8.43. The maximum Gasteiger partial charge on any atom is 0.147 e. The molecule has 4 heteroatoms. The Kier molecular flexibility index (Phi) is 5.12. The first kappa shape index (κ1) is 12.5. The van der Waals surface area contributed by atoms with Crippen molar-refractivity contribution >= 4 is 33.3 Å². The van der Waals surface area contributed by atoms with E-state index in [1.807, 2.05) is 18.2 Å². The van der Waals surface area contributed by atoms with Crippen molar-refractivity contribution in [2.45, 2.75) is 12.3 Å². The highest BCUT2D eigenvalue weighted by Crippen LogP contribution is 2.24. The normalized spacial score (nSPS) is 10.1. The van der Waals surface area contributed by atoms with Crippen LogP contribution in [0, 0.1) is 0 Å². The number of hydrogen-bond donors (Lipinski definition) is 0. The zero-order chi connectivity index (χ0) is 11.3. The van der Waals surface area contributed by atoms with Crippen LogP contribution in [0.5, 0.6) is 5.75 Å². The highest BCUT2D eigenvalue weighted by Gasteiger charge is 2.10. The van der Waals surface area contributed by atoms with Crippen molar-refractivity contribution in [1.29, 1.82) is 0 Å². The molecule has 0 amide bonds. The Labute approximate surface area is 103 Å². The lowest BCUT2D eigenvalue weighted by Gasteiger charge is -2.10. The highest BCUT2D eigenvalue weighted by molar-refractivity contribution is 9.09. The van der Waals surface area contributed by atoms with E-state index in [0.29, 0.717) is 17.6 Å². The molecule has 0 aliphatic carbocycles. The van der Waals surface area contributed by atoms with Crippen molar-refractivity contribution in [1.82, 2.24) is 0 Å². The zero-order valence-corrected chi connectivity index (χ0v) is 10.8. The second-order valence-electron chi connectivity index (χ2n) is 3.08. The average Bonchev–Trinajstić information content (AvgIpc) is 2.28. The van der Waals surface area contributed by atoms with Crippen molar-refractivity contribution in [3.63, 3.8) is 0 Å². The number of ketones is 1. The van der Waals surface area contributed by atoms with E-state index in [1.54, 1.807) is 7.11 Å². The van der Waals surface area contributed by atoms with E-state index in [-0.39, 0.29) is 5.78 Å². The van der Waals surface area contributed by atoms with Gasteiger partial charge in [-0.25, -0.2) is 0 Å². The van der Waals surface area contributed by atoms with Gasteiger partial charge in [0, 0.05) is 12.0 Å². The van der Waals surface area contributed by atoms with Gasteiger partial charge in [-0.2, -0.15) is 0 Å². The molecule has 0 aliphatic heterocycles. The molecule has 0 saturated carbocycles. The van der Waals surface area contributed by atoms with Crippen LogP contribution in [0.3, 0.4) is 0 Å². The third kappa shape index (κ3) is 3.21. The van der Waals surface area contributed by atoms with Gasteiger partial charge in [0.25, 0.3) is 0 Å². The Morgan fingerprint density at radius 2 is 2.27 bits per heavy atom. The summed E-state index contributed by atoms with van der Waals surface area (Å²) in [4.78, 5) is 11.3. The summed E-state index contributed by atoms with van der Waals surface area (Å²) in [7, 11) is 1.60. The molecule has 0 heterocycles. The fourth-order valence-corrected chi connectivity index (χ4v) is 1.88. The van der Waals surface area contributed by atoms with Gasteiger partial charge in [0.1, 0.15) is 11.5 Å². The van der Waals surface area contributed by atoms with Gasteiger partial charge in [-0.15, -0.1) is 11.6 Å². The number of benzene rings is 1. The molecule has 0 atom stereocenters. The number of halogens is 2. The number of rotatable bonds is 5. The standard InChI is InChI=1S/C11H12BrClO2/c1-15-11-4-2-3-8(10(11)7-13)5-9(14)6-12/h2-4H,5-7H2,1H3. The molecule has 1 aromatic carbocycles. The molecule has 0 radical (unpaired) electrons. The monoisotopic (exact) mass is 290 g/mol. The molecule has 15 heavy (non-hydrogen) atoms. The number of carbonyl (C=O) groups excluding carboxylic acids is 1. The Morgan fingerprint density at radius 1 is 1.53 bits per heavy atom. The van der Waals surface area contributed by atoms with E-state index >= 15 is 0 Å². The molecule has 0 bridgehead atoms. The van der Waals surface area contributed by atoms with Crippen LogP contribution in [0.4, 0.5) is 0 Å². The Balaban J connectivity index is 3.00. The summed E-state index contributed by atoms with van der Waals surface area (Å²) < 4.78 is 5.18. The molecule has 0 unspecified atom stereocenters. The molecular formula is C11H12BrClO2. The van der Waals surface area contributed by atoms with Crippen LogP contribution >= 0.6 is 27.5 Å². The van der Waals surface area contributed by atoms with Crippen LogP contribution < -0.4 is 4.74 Å². The van der Waals surface area contributed by atoms with Gasteiger partial charge in [0.15, 0.2) is 0 Å². The number of carbonyl (C=O) groups is 1. The predicted octanol–water partition coefficient (Wildman–Crippen LogP) is 2.94. The summed E-state index contributed by atoms with van der Waals surface area (Å²) >= 11 is 8.98. The highest BCUT2D eigenvalue weighted by atomic mass is 79.9. The lowest BCUT2D eigenvalue weighted by Crippen LogP contribution is -2.06. The third-order valence-corrected chi connectivity index (χ3v) is 3.01. The smallest absolute Gasteiger partial charge is 0.147 e. The minimum atomic E-state index is 0.134. The van der Waals surface area contributed by atoms with Gasteiger partial charge in [-0.05, 0) is 11.6 Å². The minimum absolute atomic E-state index is 0.134. The topological polar surface area (TPSA) is 26.3 Å². The Hall–Kier alpha value is -0.540. The second kappa shape index (κ2) is 6.13. The first-order chi connectivity index (χ1) is 7.22. The van der Waals surface area contributed by atoms with Gasteiger partial charge in [-0.1, -0.05) is 28.1 Å². The second-order valence-corrected chi connectivity index (χ2v) is 3.91. The van der Waals surface area contributed by atoms with E-state index in [9.17, 15) is 4.79 Å². The molecule has 0 fully saturated rings. The average molecular weight is 292 g/mol. The molecular weight excluding hydrogens is 279 g/mol. The summed E-state index contributed by atoms with van der Waals surface area (Å²) in [6.07, 6.45) is 0.393. The number of ether oxygens (including phenoxy) is 1. The largest absolute Gasteiger partial charge is 0.496 e. The summed E-state index contributed by atoms with van der Waals surface area (Å²) in [5, 5.41) is 0.367. The lowest BCUT2D eigenvalue weighted by molar-refractivity contribution is -0.115. The Bertz CT molecular complexity index is 352. The van der Waals surface area contributed by atoms with Crippen LogP contribution in [-0.2, 0) is 17.1 Å². The number of Topliss-reactive ketones (excluding diaryl/α,β-unsaturated/α-hetero) is 1. The molecule has 1 rings (SSSR count). The van der Waals surface area contributed by atoms with Crippen LogP contribution in [0.2, 0.25) is 0 Å². The molecule has 1 aromatic rings. The fourth-order valence-electron chi connectivity index (χ4n) is 1.38. The van der Waals surface area contributed by atoms with Crippen molar-refractivity contribution in [2.24, 2.45) is 0 Å². The van der Waals surface area contributed by atoms with E-state index in [0.717, 1.165) is 16.9 Å².